The summed E-state index contributed by atoms with van der Waals surface area (Å²) < 4.78 is 0. The van der Waals surface area contributed by atoms with Gasteiger partial charge in [-0.15, -0.1) is 0 Å². The van der Waals surface area contributed by atoms with E-state index < -0.39 is 5.97 Å². The summed E-state index contributed by atoms with van der Waals surface area (Å²) >= 11 is 0. The van der Waals surface area contributed by atoms with Crippen LogP contribution in [-0.4, -0.2) is 22.5 Å². The Morgan fingerprint density at radius 2 is 1.94 bits per heavy atom. The van der Waals surface area contributed by atoms with Crippen LogP contribution in [0.1, 0.15) is 18.1 Å². The molecule has 0 bridgehead atoms. The van der Waals surface area contributed by atoms with Crippen molar-refractivity contribution in [2.75, 3.05) is 6.54 Å². The Labute approximate surface area is 95.0 Å². The highest BCUT2D eigenvalue weighted by molar-refractivity contribution is 5.85. The molecule has 1 aliphatic heterocycles. The number of fused-ring (bicyclic) bond motifs is 1. The number of carbonyl (C=O) groups is 1. The summed E-state index contributed by atoms with van der Waals surface area (Å²) in [6.45, 7) is 4.16. The summed E-state index contributed by atoms with van der Waals surface area (Å²) in [6, 6.07) is 8.34. The molecule has 0 saturated heterocycles. The van der Waals surface area contributed by atoms with Gasteiger partial charge in [0.1, 0.15) is 0 Å². The van der Waals surface area contributed by atoms with Gasteiger partial charge in [0.05, 0.1) is 0 Å². The van der Waals surface area contributed by atoms with Crippen molar-refractivity contribution < 1.29 is 9.90 Å². The number of carboxylic acids is 1. The van der Waals surface area contributed by atoms with Crippen LogP contribution >= 0.6 is 0 Å². The predicted molar refractivity (Wildman–Crippen MR) is 61.9 cm³/mol. The van der Waals surface area contributed by atoms with Crippen molar-refractivity contribution in [3.8, 4) is 0 Å². The molecule has 0 atom stereocenters. The fraction of sp³-hybridized carbons (Fsp3) is 0.308. The number of benzene rings is 1. The van der Waals surface area contributed by atoms with Gasteiger partial charge < -0.3 is 5.11 Å². The molecule has 3 nitrogen and oxygen atoms in total. The molecule has 1 aliphatic rings. The summed E-state index contributed by atoms with van der Waals surface area (Å²) in [5.41, 5.74) is 3.11. The second-order valence-electron chi connectivity index (χ2n) is 4.13. The second-order valence-corrected chi connectivity index (χ2v) is 4.13. The summed E-state index contributed by atoms with van der Waals surface area (Å²) in [5.74, 6) is -0.836. The van der Waals surface area contributed by atoms with Crippen LogP contribution < -0.4 is 0 Å². The van der Waals surface area contributed by atoms with E-state index in [-0.39, 0.29) is 0 Å². The third kappa shape index (κ3) is 2.31. The first-order valence-electron chi connectivity index (χ1n) is 5.36. The molecule has 1 N–H and O–H groups in total. The molecule has 2 rings (SSSR count). The molecule has 16 heavy (non-hydrogen) atoms. The lowest BCUT2D eigenvalue weighted by atomic mass is 10.1. The summed E-state index contributed by atoms with van der Waals surface area (Å²) in [4.78, 5) is 12.9. The summed E-state index contributed by atoms with van der Waals surface area (Å²) in [5, 5.41) is 8.74. The van der Waals surface area contributed by atoms with Gasteiger partial charge in [-0.1, -0.05) is 30.3 Å². The fourth-order valence-corrected chi connectivity index (χ4v) is 1.89. The number of rotatable bonds is 3. The van der Waals surface area contributed by atoms with Gasteiger partial charge in [-0.3, -0.25) is 4.90 Å². The number of carboxylic acid groups (broad SMARTS) is 1. The normalized spacial score (nSPS) is 16.2. The van der Waals surface area contributed by atoms with Crippen molar-refractivity contribution in [3.05, 3.63) is 47.0 Å². The lowest BCUT2D eigenvalue weighted by Gasteiger charge is -2.11. The zero-order valence-corrected chi connectivity index (χ0v) is 9.31. The van der Waals surface area contributed by atoms with Crippen LogP contribution in [0, 0.1) is 0 Å². The van der Waals surface area contributed by atoms with E-state index in [9.17, 15) is 4.79 Å². The molecule has 0 aromatic heterocycles. The maximum Gasteiger partial charge on any atom is 0.330 e. The SMILES string of the molecule is CC(=CCN1Cc2ccccc2C1)C(=O)O. The van der Waals surface area contributed by atoms with E-state index in [1.165, 1.54) is 11.1 Å². The van der Waals surface area contributed by atoms with E-state index in [2.05, 4.69) is 17.0 Å². The van der Waals surface area contributed by atoms with Gasteiger partial charge in [-0.05, 0) is 18.1 Å². The van der Waals surface area contributed by atoms with Crippen molar-refractivity contribution >= 4 is 5.97 Å². The van der Waals surface area contributed by atoms with Crippen LogP contribution in [0.5, 0.6) is 0 Å². The molecule has 1 aromatic rings. The lowest BCUT2D eigenvalue weighted by molar-refractivity contribution is -0.132. The lowest BCUT2D eigenvalue weighted by Crippen LogP contribution is -2.16. The highest BCUT2D eigenvalue weighted by Crippen LogP contribution is 2.21. The quantitative estimate of drug-likeness (QED) is 0.787. The molecule has 0 saturated carbocycles. The molecule has 0 fully saturated rings. The highest BCUT2D eigenvalue weighted by atomic mass is 16.4. The van der Waals surface area contributed by atoms with Crippen LogP contribution in [0.15, 0.2) is 35.9 Å². The third-order valence-corrected chi connectivity index (χ3v) is 2.90. The van der Waals surface area contributed by atoms with Gasteiger partial charge in [0.2, 0.25) is 0 Å². The minimum Gasteiger partial charge on any atom is -0.478 e. The Morgan fingerprint density at radius 3 is 2.44 bits per heavy atom. The largest absolute Gasteiger partial charge is 0.478 e. The Kier molecular flexibility index (Phi) is 3.06. The maximum atomic E-state index is 10.6. The molecule has 0 unspecified atom stereocenters. The molecule has 0 aliphatic carbocycles. The molecule has 84 valence electrons. The van der Waals surface area contributed by atoms with Crippen molar-refractivity contribution in [1.82, 2.24) is 4.90 Å². The van der Waals surface area contributed by atoms with E-state index in [4.69, 9.17) is 5.11 Å². The van der Waals surface area contributed by atoms with Crippen molar-refractivity contribution in [2.45, 2.75) is 20.0 Å². The molecular weight excluding hydrogens is 202 g/mol. The number of hydrogen-bond acceptors (Lipinski definition) is 2. The Bertz CT molecular complexity index is 412. The first-order valence-corrected chi connectivity index (χ1v) is 5.36. The fourth-order valence-electron chi connectivity index (χ4n) is 1.89. The van der Waals surface area contributed by atoms with Crippen LogP contribution in [0.3, 0.4) is 0 Å². The van der Waals surface area contributed by atoms with Gasteiger partial charge in [-0.25, -0.2) is 4.79 Å². The topological polar surface area (TPSA) is 40.5 Å². The highest BCUT2D eigenvalue weighted by Gasteiger charge is 2.16. The van der Waals surface area contributed by atoms with Crippen LogP contribution in [0.4, 0.5) is 0 Å². The smallest absolute Gasteiger partial charge is 0.330 e. The van der Waals surface area contributed by atoms with Gasteiger partial charge in [0.15, 0.2) is 0 Å². The molecule has 0 spiro atoms. The van der Waals surface area contributed by atoms with Gasteiger partial charge in [-0.2, -0.15) is 0 Å². The van der Waals surface area contributed by atoms with Crippen molar-refractivity contribution in [2.24, 2.45) is 0 Å². The van der Waals surface area contributed by atoms with Crippen molar-refractivity contribution in [1.29, 1.82) is 0 Å². The molecule has 1 heterocycles. The summed E-state index contributed by atoms with van der Waals surface area (Å²) in [6.07, 6.45) is 1.77. The van der Waals surface area contributed by atoms with Crippen LogP contribution in [-0.2, 0) is 17.9 Å². The monoisotopic (exact) mass is 217 g/mol. The maximum absolute atomic E-state index is 10.6. The molecule has 1 aromatic carbocycles. The molecular formula is C13H15NO2. The van der Waals surface area contributed by atoms with E-state index in [1.54, 1.807) is 13.0 Å². The van der Waals surface area contributed by atoms with E-state index in [0.717, 1.165) is 13.1 Å². The average molecular weight is 217 g/mol. The average Bonchev–Trinajstić information content (AvgIpc) is 2.68. The van der Waals surface area contributed by atoms with Crippen molar-refractivity contribution in [3.63, 3.8) is 0 Å². The van der Waals surface area contributed by atoms with E-state index >= 15 is 0 Å². The van der Waals surface area contributed by atoms with Gasteiger partial charge in [0.25, 0.3) is 0 Å². The summed E-state index contributed by atoms with van der Waals surface area (Å²) in [7, 11) is 0. The molecule has 0 radical (unpaired) electrons. The number of nitrogens with zero attached hydrogens (tertiary/aromatic N) is 1. The Morgan fingerprint density at radius 1 is 1.38 bits per heavy atom. The zero-order chi connectivity index (χ0) is 11.5. The predicted octanol–water partition coefficient (Wildman–Crippen LogP) is 2.03. The van der Waals surface area contributed by atoms with E-state index in [1.807, 2.05) is 12.1 Å². The third-order valence-electron chi connectivity index (χ3n) is 2.90. The molecule has 3 heteroatoms. The Hall–Kier alpha value is -1.61. The number of hydrogen-bond donors (Lipinski definition) is 1. The first-order chi connectivity index (χ1) is 7.66. The van der Waals surface area contributed by atoms with Gasteiger partial charge in [0, 0.05) is 25.2 Å². The van der Waals surface area contributed by atoms with Crippen LogP contribution in [0.25, 0.3) is 0 Å². The van der Waals surface area contributed by atoms with Gasteiger partial charge >= 0.3 is 5.97 Å². The van der Waals surface area contributed by atoms with E-state index in [0.29, 0.717) is 12.1 Å². The first kappa shape index (κ1) is 10.9. The van der Waals surface area contributed by atoms with Crippen LogP contribution in [0.2, 0.25) is 0 Å². The Balaban J connectivity index is 1.98. The minimum atomic E-state index is -0.836. The number of aliphatic carboxylic acids is 1. The standard InChI is InChI=1S/C13H15NO2/c1-10(13(15)16)6-7-14-8-11-4-2-3-5-12(11)9-14/h2-6H,7-9H2,1H3,(H,15,16). The second kappa shape index (κ2) is 4.49. The minimum absolute atomic E-state index is 0.413. The zero-order valence-electron chi connectivity index (χ0n) is 9.31. The molecule has 0 amide bonds.